The Labute approximate surface area is 115 Å². The molecule has 0 saturated carbocycles. The first-order chi connectivity index (χ1) is 9.43. The minimum absolute atomic E-state index is 0.0268. The van der Waals surface area contributed by atoms with Crippen molar-refractivity contribution in [3.05, 3.63) is 29.6 Å². The zero-order valence-electron chi connectivity index (χ0n) is 10.6. The lowest BCUT2D eigenvalue weighted by molar-refractivity contribution is 0.0764. The molecule has 0 unspecified atom stereocenters. The normalized spacial score (nSPS) is 18.8. The molecule has 20 heavy (non-hydrogen) atoms. The molecule has 1 aromatic heterocycles. The van der Waals surface area contributed by atoms with Gasteiger partial charge in [-0.15, -0.1) is 0 Å². The first kappa shape index (κ1) is 14.3. The third-order valence-electron chi connectivity index (χ3n) is 3.02. The minimum Gasteiger partial charge on any atom is -0.409 e. The number of hydrogen-bond donors (Lipinski definition) is 2. The quantitative estimate of drug-likeness (QED) is 0.314. The summed E-state index contributed by atoms with van der Waals surface area (Å²) in [6.45, 7) is 0.343. The van der Waals surface area contributed by atoms with Gasteiger partial charge in [0.05, 0.1) is 11.5 Å². The summed E-state index contributed by atoms with van der Waals surface area (Å²) < 4.78 is 22.6. The van der Waals surface area contributed by atoms with Crippen LogP contribution in [-0.2, 0) is 9.84 Å². The van der Waals surface area contributed by atoms with E-state index in [4.69, 9.17) is 10.9 Å². The molecule has 8 nitrogen and oxygen atoms in total. The second-order valence-corrected chi connectivity index (χ2v) is 6.67. The zero-order valence-corrected chi connectivity index (χ0v) is 11.4. The maximum Gasteiger partial charge on any atom is 0.272 e. The molecule has 0 radical (unpaired) electrons. The molecular formula is C11H14N4O4S. The van der Waals surface area contributed by atoms with E-state index in [-0.39, 0.29) is 42.0 Å². The highest BCUT2D eigenvalue weighted by Gasteiger charge is 2.26. The van der Waals surface area contributed by atoms with Crippen LogP contribution in [0.4, 0.5) is 0 Å². The molecular weight excluding hydrogens is 284 g/mol. The third kappa shape index (κ3) is 3.05. The van der Waals surface area contributed by atoms with Gasteiger partial charge in [0.2, 0.25) is 0 Å². The lowest BCUT2D eigenvalue weighted by atomic mass is 10.2. The Hall–Kier alpha value is -2.16. The van der Waals surface area contributed by atoms with Crippen molar-refractivity contribution < 1.29 is 18.4 Å². The second kappa shape index (κ2) is 5.45. The molecule has 1 fully saturated rings. The van der Waals surface area contributed by atoms with E-state index in [9.17, 15) is 13.2 Å². The van der Waals surface area contributed by atoms with E-state index in [0.717, 1.165) is 0 Å². The van der Waals surface area contributed by atoms with E-state index in [1.807, 2.05) is 0 Å². The molecule has 1 saturated heterocycles. The van der Waals surface area contributed by atoms with Crippen molar-refractivity contribution >= 4 is 21.6 Å². The van der Waals surface area contributed by atoms with E-state index >= 15 is 0 Å². The van der Waals surface area contributed by atoms with Gasteiger partial charge in [0.1, 0.15) is 5.69 Å². The Morgan fingerprint density at radius 1 is 1.35 bits per heavy atom. The fourth-order valence-corrected chi connectivity index (χ4v) is 3.01. The summed E-state index contributed by atoms with van der Waals surface area (Å²) in [6.07, 6.45) is 1.32. The monoisotopic (exact) mass is 298 g/mol. The van der Waals surface area contributed by atoms with Gasteiger partial charge < -0.3 is 15.8 Å². The van der Waals surface area contributed by atoms with Crippen molar-refractivity contribution in [1.29, 1.82) is 0 Å². The van der Waals surface area contributed by atoms with Crippen LogP contribution < -0.4 is 5.73 Å². The summed E-state index contributed by atoms with van der Waals surface area (Å²) in [7, 11) is -3.03. The predicted octanol–water partition coefficient (Wildman–Crippen LogP) is -0.953. The molecule has 0 bridgehead atoms. The highest BCUT2D eigenvalue weighted by Crippen LogP contribution is 2.09. The summed E-state index contributed by atoms with van der Waals surface area (Å²) in [5, 5.41) is 11.4. The average molecular weight is 298 g/mol. The number of hydrogen-bond acceptors (Lipinski definition) is 6. The fourth-order valence-electron chi connectivity index (χ4n) is 1.81. The molecule has 108 valence electrons. The number of amides is 1. The van der Waals surface area contributed by atoms with Crippen LogP contribution in [0.2, 0.25) is 0 Å². The smallest absolute Gasteiger partial charge is 0.272 e. The molecule has 1 aromatic rings. The van der Waals surface area contributed by atoms with Crippen LogP contribution in [-0.4, -0.2) is 59.8 Å². The third-order valence-corrected chi connectivity index (χ3v) is 4.63. The molecule has 1 amide bonds. The molecule has 1 aliphatic heterocycles. The predicted molar refractivity (Wildman–Crippen MR) is 71.3 cm³/mol. The van der Waals surface area contributed by atoms with E-state index in [1.54, 1.807) is 0 Å². The van der Waals surface area contributed by atoms with E-state index < -0.39 is 9.84 Å². The second-order valence-electron chi connectivity index (χ2n) is 4.36. The zero-order chi connectivity index (χ0) is 14.8. The van der Waals surface area contributed by atoms with Crippen LogP contribution in [0.25, 0.3) is 0 Å². The molecule has 0 aromatic carbocycles. The van der Waals surface area contributed by atoms with Crippen LogP contribution in [0.1, 0.15) is 16.1 Å². The number of carbonyl (C=O) groups is 1. The fraction of sp³-hybridized carbons (Fsp3) is 0.364. The molecule has 1 aliphatic rings. The number of nitrogens with two attached hydrogens (primary N) is 1. The van der Waals surface area contributed by atoms with Crippen molar-refractivity contribution in [3.63, 3.8) is 0 Å². The van der Waals surface area contributed by atoms with Gasteiger partial charge in [-0.25, -0.2) is 8.42 Å². The first-order valence-corrected chi connectivity index (χ1v) is 7.69. The summed E-state index contributed by atoms with van der Waals surface area (Å²) in [5.74, 6) is -0.478. The Morgan fingerprint density at radius 3 is 2.50 bits per heavy atom. The van der Waals surface area contributed by atoms with E-state index in [2.05, 4.69) is 10.1 Å². The number of amidine groups is 1. The van der Waals surface area contributed by atoms with Crippen LogP contribution in [0.3, 0.4) is 0 Å². The molecule has 0 atom stereocenters. The number of pyridine rings is 1. The van der Waals surface area contributed by atoms with Gasteiger partial charge in [-0.1, -0.05) is 5.16 Å². The first-order valence-electron chi connectivity index (χ1n) is 5.86. The van der Waals surface area contributed by atoms with Crippen molar-refractivity contribution in [1.82, 2.24) is 9.88 Å². The summed E-state index contributed by atoms with van der Waals surface area (Å²) in [5.41, 5.74) is 5.98. The Balaban J connectivity index is 2.10. The molecule has 2 rings (SSSR count). The highest BCUT2D eigenvalue weighted by atomic mass is 32.2. The van der Waals surface area contributed by atoms with Crippen molar-refractivity contribution in [2.75, 3.05) is 24.6 Å². The largest absolute Gasteiger partial charge is 0.409 e. The topological polar surface area (TPSA) is 126 Å². The van der Waals surface area contributed by atoms with Crippen molar-refractivity contribution in [2.24, 2.45) is 10.9 Å². The van der Waals surface area contributed by atoms with Gasteiger partial charge in [0, 0.05) is 24.8 Å². The SMILES string of the molecule is NC(=NO)c1ccc(C(=O)N2CCS(=O)(=O)CC2)nc1. The minimum atomic E-state index is -3.03. The number of aromatic nitrogens is 1. The molecule has 2 heterocycles. The summed E-state index contributed by atoms with van der Waals surface area (Å²) >= 11 is 0. The van der Waals surface area contributed by atoms with Gasteiger partial charge in [0.15, 0.2) is 15.7 Å². The Bertz CT molecular complexity index is 625. The molecule has 0 spiro atoms. The average Bonchev–Trinajstić information content (AvgIpc) is 2.46. The number of carbonyl (C=O) groups excluding carboxylic acids is 1. The number of nitrogens with zero attached hydrogens (tertiary/aromatic N) is 3. The lowest BCUT2D eigenvalue weighted by Crippen LogP contribution is -2.44. The van der Waals surface area contributed by atoms with Gasteiger partial charge >= 0.3 is 0 Å². The molecule has 3 N–H and O–H groups in total. The standard InChI is InChI=1S/C11H14N4O4S/c12-10(14-17)8-1-2-9(13-7-8)11(16)15-3-5-20(18,19)6-4-15/h1-2,7,17H,3-6H2,(H2,12,14). The summed E-state index contributed by atoms with van der Waals surface area (Å²) in [4.78, 5) is 17.5. The molecule has 9 heteroatoms. The van der Waals surface area contributed by atoms with Crippen LogP contribution >= 0.6 is 0 Å². The van der Waals surface area contributed by atoms with Crippen LogP contribution in [0.15, 0.2) is 23.5 Å². The molecule has 0 aliphatic carbocycles. The number of sulfone groups is 1. The van der Waals surface area contributed by atoms with Gasteiger partial charge in [-0.3, -0.25) is 9.78 Å². The maximum atomic E-state index is 12.1. The number of rotatable bonds is 2. The van der Waals surface area contributed by atoms with Crippen molar-refractivity contribution in [3.8, 4) is 0 Å². The van der Waals surface area contributed by atoms with Crippen LogP contribution in [0, 0.1) is 0 Å². The van der Waals surface area contributed by atoms with E-state index in [0.29, 0.717) is 5.56 Å². The van der Waals surface area contributed by atoms with Crippen LogP contribution in [0.5, 0.6) is 0 Å². The Kier molecular flexibility index (Phi) is 3.89. The highest BCUT2D eigenvalue weighted by molar-refractivity contribution is 7.91. The van der Waals surface area contributed by atoms with Gasteiger partial charge in [-0.2, -0.15) is 0 Å². The Morgan fingerprint density at radius 2 is 2.00 bits per heavy atom. The van der Waals surface area contributed by atoms with E-state index in [1.165, 1.54) is 23.2 Å². The van der Waals surface area contributed by atoms with Gasteiger partial charge in [0.25, 0.3) is 5.91 Å². The number of oxime groups is 1. The van der Waals surface area contributed by atoms with Gasteiger partial charge in [-0.05, 0) is 12.1 Å². The maximum absolute atomic E-state index is 12.1. The lowest BCUT2D eigenvalue weighted by Gasteiger charge is -2.26. The summed E-state index contributed by atoms with van der Waals surface area (Å²) in [6, 6.07) is 2.97. The van der Waals surface area contributed by atoms with Crippen molar-refractivity contribution in [2.45, 2.75) is 0 Å².